The van der Waals surface area contributed by atoms with Gasteiger partial charge in [0, 0.05) is 20.0 Å². The van der Waals surface area contributed by atoms with Gasteiger partial charge in [0.2, 0.25) is 5.91 Å². The van der Waals surface area contributed by atoms with Gasteiger partial charge in [-0.15, -0.1) is 0 Å². The molecule has 20 heavy (non-hydrogen) atoms. The van der Waals surface area contributed by atoms with E-state index in [4.69, 9.17) is 0 Å². The predicted octanol–water partition coefficient (Wildman–Crippen LogP) is 1.20. The normalized spacial score (nSPS) is 14.7. The van der Waals surface area contributed by atoms with Crippen molar-refractivity contribution >= 4 is 5.91 Å². The number of alkyl halides is 3. The van der Waals surface area contributed by atoms with Crippen molar-refractivity contribution < 1.29 is 23.1 Å². The van der Waals surface area contributed by atoms with E-state index in [1.165, 1.54) is 6.92 Å². The van der Waals surface area contributed by atoms with Crippen molar-refractivity contribution in [2.45, 2.75) is 31.8 Å². The Morgan fingerprint density at radius 2 is 1.90 bits per heavy atom. The molecule has 0 aliphatic rings. The van der Waals surface area contributed by atoms with Gasteiger partial charge in [0.25, 0.3) is 0 Å². The Morgan fingerprint density at radius 1 is 1.30 bits per heavy atom. The van der Waals surface area contributed by atoms with Crippen LogP contribution in [0.4, 0.5) is 13.2 Å². The van der Waals surface area contributed by atoms with Crippen LogP contribution in [-0.2, 0) is 11.3 Å². The maximum absolute atomic E-state index is 12.9. The lowest BCUT2D eigenvalue weighted by Gasteiger charge is -2.26. The third-order valence-corrected chi connectivity index (χ3v) is 2.67. The second-order valence-electron chi connectivity index (χ2n) is 4.39. The van der Waals surface area contributed by atoms with E-state index in [2.05, 4.69) is 10.6 Å². The molecule has 0 aliphatic heterocycles. The lowest BCUT2D eigenvalue weighted by atomic mass is 10.1. The zero-order valence-corrected chi connectivity index (χ0v) is 10.9. The molecule has 1 rings (SSSR count). The Labute approximate surface area is 115 Å². The van der Waals surface area contributed by atoms with Gasteiger partial charge in [-0.05, 0) is 5.56 Å². The van der Waals surface area contributed by atoms with Crippen molar-refractivity contribution in [3.05, 3.63) is 35.9 Å². The average molecular weight is 290 g/mol. The standard InChI is InChI=1S/C13H17F3N2O2/c1-9(19)17-8-11(20)12(13(14,15)16)18-7-10-5-3-2-4-6-10/h2-6,11-12,18,20H,7-8H2,1H3,(H,17,19)/t11-,12+/m0/s1. The van der Waals surface area contributed by atoms with Crippen LogP contribution in [0, 0.1) is 0 Å². The van der Waals surface area contributed by atoms with Crippen molar-refractivity contribution in [3.63, 3.8) is 0 Å². The first kappa shape index (κ1) is 16.5. The fourth-order valence-corrected chi connectivity index (χ4v) is 1.66. The molecule has 4 nitrogen and oxygen atoms in total. The molecule has 112 valence electrons. The molecule has 1 amide bonds. The van der Waals surface area contributed by atoms with Crippen LogP contribution in [0.3, 0.4) is 0 Å². The van der Waals surface area contributed by atoms with E-state index < -0.39 is 30.8 Å². The van der Waals surface area contributed by atoms with Gasteiger partial charge in [0.05, 0.1) is 6.10 Å². The van der Waals surface area contributed by atoms with Crippen LogP contribution < -0.4 is 10.6 Å². The molecular formula is C13H17F3N2O2. The minimum atomic E-state index is -4.60. The fraction of sp³-hybridized carbons (Fsp3) is 0.462. The predicted molar refractivity (Wildman–Crippen MR) is 67.8 cm³/mol. The van der Waals surface area contributed by atoms with Crippen molar-refractivity contribution in [1.82, 2.24) is 10.6 Å². The molecule has 0 unspecified atom stereocenters. The number of hydrogen-bond donors (Lipinski definition) is 3. The molecule has 0 aliphatic carbocycles. The molecule has 7 heteroatoms. The number of hydrogen-bond acceptors (Lipinski definition) is 3. The zero-order chi connectivity index (χ0) is 15.2. The maximum Gasteiger partial charge on any atom is 0.406 e. The molecule has 3 N–H and O–H groups in total. The molecule has 1 aromatic carbocycles. The van der Waals surface area contributed by atoms with Gasteiger partial charge >= 0.3 is 6.18 Å². The lowest BCUT2D eigenvalue weighted by Crippen LogP contribution is -2.53. The number of aliphatic hydroxyl groups excluding tert-OH is 1. The molecule has 0 radical (unpaired) electrons. The molecule has 0 spiro atoms. The number of nitrogens with one attached hydrogen (secondary N) is 2. The summed E-state index contributed by atoms with van der Waals surface area (Å²) in [6, 6.07) is 6.45. The van der Waals surface area contributed by atoms with Crippen LogP contribution >= 0.6 is 0 Å². The molecule has 0 bridgehead atoms. The average Bonchev–Trinajstić information content (AvgIpc) is 2.36. The number of carbonyl (C=O) groups excluding carboxylic acids is 1. The lowest BCUT2D eigenvalue weighted by molar-refractivity contribution is -0.178. The second kappa shape index (κ2) is 7.25. The largest absolute Gasteiger partial charge is 0.406 e. The summed E-state index contributed by atoms with van der Waals surface area (Å²) in [5, 5.41) is 14.0. The fourth-order valence-electron chi connectivity index (χ4n) is 1.66. The summed E-state index contributed by atoms with van der Waals surface area (Å²) in [4.78, 5) is 10.7. The van der Waals surface area contributed by atoms with Crippen molar-refractivity contribution in [2.75, 3.05) is 6.54 Å². The van der Waals surface area contributed by atoms with Gasteiger partial charge in [-0.3, -0.25) is 10.1 Å². The van der Waals surface area contributed by atoms with Crippen LogP contribution in [0.25, 0.3) is 0 Å². The molecule has 0 aromatic heterocycles. The van der Waals surface area contributed by atoms with Gasteiger partial charge in [-0.25, -0.2) is 0 Å². The van der Waals surface area contributed by atoms with Crippen molar-refractivity contribution in [3.8, 4) is 0 Å². The Kier molecular flexibility index (Phi) is 5.97. The highest BCUT2D eigenvalue weighted by Crippen LogP contribution is 2.23. The maximum atomic E-state index is 12.9. The van der Waals surface area contributed by atoms with E-state index in [1.807, 2.05) is 0 Å². The third kappa shape index (κ3) is 5.58. The number of benzene rings is 1. The molecule has 0 fully saturated rings. The third-order valence-electron chi connectivity index (χ3n) is 2.67. The Morgan fingerprint density at radius 3 is 2.40 bits per heavy atom. The van der Waals surface area contributed by atoms with E-state index >= 15 is 0 Å². The summed E-state index contributed by atoms with van der Waals surface area (Å²) in [6.45, 7) is 0.691. The smallest absolute Gasteiger partial charge is 0.389 e. The highest BCUT2D eigenvalue weighted by atomic mass is 19.4. The van der Waals surface area contributed by atoms with Gasteiger partial charge < -0.3 is 10.4 Å². The molecule has 0 saturated heterocycles. The Balaban J connectivity index is 2.63. The van der Waals surface area contributed by atoms with E-state index in [0.717, 1.165) is 0 Å². The quantitative estimate of drug-likeness (QED) is 0.738. The van der Waals surface area contributed by atoms with E-state index in [9.17, 15) is 23.1 Å². The number of rotatable bonds is 6. The first-order valence-corrected chi connectivity index (χ1v) is 6.07. The van der Waals surface area contributed by atoms with Crippen LogP contribution in [0.15, 0.2) is 30.3 Å². The second-order valence-corrected chi connectivity index (χ2v) is 4.39. The van der Waals surface area contributed by atoms with Gasteiger partial charge in [0.15, 0.2) is 0 Å². The number of aliphatic hydroxyl groups is 1. The van der Waals surface area contributed by atoms with Crippen LogP contribution in [0.5, 0.6) is 0 Å². The van der Waals surface area contributed by atoms with E-state index in [1.54, 1.807) is 30.3 Å². The van der Waals surface area contributed by atoms with Crippen LogP contribution in [0.2, 0.25) is 0 Å². The summed E-state index contributed by atoms with van der Waals surface area (Å²) in [6.07, 6.45) is -6.35. The summed E-state index contributed by atoms with van der Waals surface area (Å²) in [7, 11) is 0. The van der Waals surface area contributed by atoms with Gasteiger partial charge in [-0.2, -0.15) is 13.2 Å². The minimum absolute atomic E-state index is 0.0256. The summed E-state index contributed by atoms with van der Waals surface area (Å²) in [5.74, 6) is -0.493. The number of halogens is 3. The van der Waals surface area contributed by atoms with Crippen LogP contribution in [0.1, 0.15) is 12.5 Å². The highest BCUT2D eigenvalue weighted by Gasteiger charge is 2.43. The summed E-state index contributed by atoms with van der Waals surface area (Å²) >= 11 is 0. The van der Waals surface area contributed by atoms with E-state index in [-0.39, 0.29) is 6.54 Å². The number of carbonyl (C=O) groups is 1. The van der Waals surface area contributed by atoms with Crippen molar-refractivity contribution in [2.24, 2.45) is 0 Å². The topological polar surface area (TPSA) is 61.4 Å². The summed E-state index contributed by atoms with van der Waals surface area (Å²) < 4.78 is 38.6. The Bertz CT molecular complexity index is 423. The van der Waals surface area contributed by atoms with Gasteiger partial charge in [-0.1, -0.05) is 30.3 Å². The molecule has 1 aromatic rings. The number of amides is 1. The van der Waals surface area contributed by atoms with E-state index in [0.29, 0.717) is 5.56 Å². The van der Waals surface area contributed by atoms with Crippen LogP contribution in [-0.4, -0.2) is 35.9 Å². The first-order chi connectivity index (χ1) is 9.30. The molecule has 0 heterocycles. The zero-order valence-electron chi connectivity index (χ0n) is 10.9. The molecular weight excluding hydrogens is 273 g/mol. The van der Waals surface area contributed by atoms with Crippen molar-refractivity contribution in [1.29, 1.82) is 0 Å². The first-order valence-electron chi connectivity index (χ1n) is 6.07. The van der Waals surface area contributed by atoms with Gasteiger partial charge in [0.1, 0.15) is 6.04 Å². The monoisotopic (exact) mass is 290 g/mol. The SMILES string of the molecule is CC(=O)NC[C@H](O)[C@@H](NCc1ccccc1)C(F)(F)F. The highest BCUT2D eigenvalue weighted by molar-refractivity contribution is 5.72. The molecule has 2 atom stereocenters. The Hall–Kier alpha value is -1.60. The summed E-state index contributed by atoms with van der Waals surface area (Å²) in [5.41, 5.74) is 0.675. The molecule has 0 saturated carbocycles. The minimum Gasteiger partial charge on any atom is -0.389 e.